The van der Waals surface area contributed by atoms with E-state index >= 15 is 0 Å². The van der Waals surface area contributed by atoms with Gasteiger partial charge in [0, 0.05) is 5.56 Å². The van der Waals surface area contributed by atoms with Gasteiger partial charge in [-0.25, -0.2) is 4.39 Å². The van der Waals surface area contributed by atoms with Crippen LogP contribution in [0.3, 0.4) is 0 Å². The molecule has 2 aromatic heterocycles. The van der Waals surface area contributed by atoms with E-state index in [1.807, 2.05) is 0 Å². The van der Waals surface area contributed by atoms with Crippen LogP contribution in [0.4, 0.5) is 10.2 Å². The summed E-state index contributed by atoms with van der Waals surface area (Å²) in [5.41, 5.74) is 7.66. The maximum absolute atomic E-state index is 13.2. The lowest BCUT2D eigenvalue weighted by molar-refractivity contribution is 0.434. The van der Waals surface area contributed by atoms with Gasteiger partial charge in [0.1, 0.15) is 11.6 Å². The Hall–Kier alpha value is -2.27. The Kier molecular flexibility index (Phi) is 2.99. The molecule has 0 bridgehead atoms. The predicted octanol–water partition coefficient (Wildman–Crippen LogP) is 4.28. The van der Waals surface area contributed by atoms with Crippen LogP contribution in [0.2, 0.25) is 5.02 Å². The summed E-state index contributed by atoms with van der Waals surface area (Å²) in [5, 5.41) is 4.00. The van der Waals surface area contributed by atoms with E-state index in [4.69, 9.17) is 26.3 Å². The van der Waals surface area contributed by atoms with Crippen LogP contribution in [0.15, 0.2) is 39.5 Å². The Balaban J connectivity index is 2.24. The SMILES string of the molecule is Cc1occc1-c1onc(N)c1-c1ccc(F)cc1Cl. The van der Waals surface area contributed by atoms with Crippen molar-refractivity contribution in [2.45, 2.75) is 6.92 Å². The summed E-state index contributed by atoms with van der Waals surface area (Å²) in [7, 11) is 0. The summed E-state index contributed by atoms with van der Waals surface area (Å²) in [6.45, 7) is 1.80. The molecule has 3 rings (SSSR count). The fourth-order valence-corrected chi connectivity index (χ4v) is 2.32. The van der Waals surface area contributed by atoms with Crippen LogP contribution in [-0.4, -0.2) is 5.16 Å². The number of aromatic nitrogens is 1. The summed E-state index contributed by atoms with van der Waals surface area (Å²) in [6, 6.07) is 5.81. The zero-order chi connectivity index (χ0) is 14.3. The average Bonchev–Trinajstić information content (AvgIpc) is 2.96. The molecule has 0 radical (unpaired) electrons. The fraction of sp³-hybridized carbons (Fsp3) is 0.0714. The molecular formula is C14H10ClFN2O2. The molecule has 20 heavy (non-hydrogen) atoms. The first-order valence-corrected chi connectivity index (χ1v) is 6.20. The van der Waals surface area contributed by atoms with E-state index in [1.165, 1.54) is 12.1 Å². The number of nitrogens with two attached hydrogens (primary N) is 1. The smallest absolute Gasteiger partial charge is 0.180 e. The summed E-state index contributed by atoms with van der Waals surface area (Å²) < 4.78 is 23.7. The van der Waals surface area contributed by atoms with E-state index in [0.717, 1.165) is 5.56 Å². The van der Waals surface area contributed by atoms with Crippen LogP contribution < -0.4 is 5.73 Å². The molecule has 102 valence electrons. The van der Waals surface area contributed by atoms with Crippen molar-refractivity contribution in [2.75, 3.05) is 5.73 Å². The first kappa shape index (κ1) is 12.7. The van der Waals surface area contributed by atoms with Gasteiger partial charge in [-0.1, -0.05) is 16.8 Å². The number of furan rings is 1. The normalized spacial score (nSPS) is 10.9. The molecule has 6 heteroatoms. The number of aryl methyl sites for hydroxylation is 1. The van der Waals surface area contributed by atoms with Crippen LogP contribution in [0.25, 0.3) is 22.5 Å². The summed E-state index contributed by atoms with van der Waals surface area (Å²) in [4.78, 5) is 0. The topological polar surface area (TPSA) is 65.2 Å². The molecule has 3 aromatic rings. The largest absolute Gasteiger partial charge is 0.469 e. The molecule has 0 saturated carbocycles. The van der Waals surface area contributed by atoms with Crippen molar-refractivity contribution in [3.05, 3.63) is 47.1 Å². The molecule has 0 aliphatic heterocycles. The van der Waals surface area contributed by atoms with Crippen molar-refractivity contribution < 1.29 is 13.3 Å². The van der Waals surface area contributed by atoms with Gasteiger partial charge in [-0.15, -0.1) is 0 Å². The Morgan fingerprint density at radius 2 is 2.05 bits per heavy atom. The maximum Gasteiger partial charge on any atom is 0.180 e. The van der Waals surface area contributed by atoms with Crippen molar-refractivity contribution in [2.24, 2.45) is 0 Å². The molecule has 0 spiro atoms. The second kappa shape index (κ2) is 4.68. The highest BCUT2D eigenvalue weighted by atomic mass is 35.5. The van der Waals surface area contributed by atoms with Crippen molar-refractivity contribution in [1.82, 2.24) is 5.16 Å². The van der Waals surface area contributed by atoms with Crippen LogP contribution >= 0.6 is 11.6 Å². The minimum Gasteiger partial charge on any atom is -0.469 e. The van der Waals surface area contributed by atoms with E-state index in [2.05, 4.69) is 5.16 Å². The number of halogens is 2. The molecule has 0 fully saturated rings. The number of nitrogen functional groups attached to an aromatic ring is 1. The van der Waals surface area contributed by atoms with Crippen molar-refractivity contribution in [1.29, 1.82) is 0 Å². The lowest BCUT2D eigenvalue weighted by atomic mass is 10.0. The third kappa shape index (κ3) is 1.96. The number of nitrogens with zero attached hydrogens (tertiary/aromatic N) is 1. The standard InChI is InChI=1S/C14H10ClFN2O2/c1-7-9(4-5-19-7)13-12(14(17)18-20-13)10-3-2-8(16)6-11(10)15/h2-6H,1H3,(H2,17,18). The highest BCUT2D eigenvalue weighted by molar-refractivity contribution is 6.33. The minimum absolute atomic E-state index is 0.189. The van der Waals surface area contributed by atoms with Gasteiger partial charge in [-0.05, 0) is 31.2 Å². The van der Waals surface area contributed by atoms with Crippen LogP contribution in [0.1, 0.15) is 5.76 Å². The van der Waals surface area contributed by atoms with Crippen LogP contribution in [-0.2, 0) is 0 Å². The summed E-state index contributed by atoms with van der Waals surface area (Å²) in [5.74, 6) is 0.881. The van der Waals surface area contributed by atoms with Gasteiger partial charge in [-0.2, -0.15) is 0 Å². The first-order chi connectivity index (χ1) is 9.58. The minimum atomic E-state index is -0.421. The molecule has 0 aliphatic carbocycles. The average molecular weight is 293 g/mol. The van der Waals surface area contributed by atoms with Gasteiger partial charge in [0.2, 0.25) is 0 Å². The Labute approximate surface area is 118 Å². The van der Waals surface area contributed by atoms with E-state index in [1.54, 1.807) is 25.3 Å². The molecule has 2 heterocycles. The van der Waals surface area contributed by atoms with E-state index < -0.39 is 5.82 Å². The number of anilines is 1. The second-order valence-electron chi connectivity index (χ2n) is 4.29. The first-order valence-electron chi connectivity index (χ1n) is 5.83. The van der Waals surface area contributed by atoms with Gasteiger partial charge in [0.25, 0.3) is 0 Å². The van der Waals surface area contributed by atoms with Crippen LogP contribution in [0, 0.1) is 12.7 Å². The highest BCUT2D eigenvalue weighted by Gasteiger charge is 2.22. The Morgan fingerprint density at radius 1 is 1.25 bits per heavy atom. The number of hydrogen-bond donors (Lipinski definition) is 1. The molecule has 2 N–H and O–H groups in total. The third-order valence-corrected chi connectivity index (χ3v) is 3.34. The van der Waals surface area contributed by atoms with Gasteiger partial charge >= 0.3 is 0 Å². The summed E-state index contributed by atoms with van der Waals surface area (Å²) >= 11 is 6.08. The van der Waals surface area contributed by atoms with E-state index in [9.17, 15) is 4.39 Å². The third-order valence-electron chi connectivity index (χ3n) is 3.02. The van der Waals surface area contributed by atoms with Crippen molar-refractivity contribution in [3.63, 3.8) is 0 Å². The van der Waals surface area contributed by atoms with Gasteiger partial charge in [-0.3, -0.25) is 0 Å². The van der Waals surface area contributed by atoms with E-state index in [0.29, 0.717) is 22.6 Å². The lowest BCUT2D eigenvalue weighted by Gasteiger charge is -2.04. The van der Waals surface area contributed by atoms with Crippen molar-refractivity contribution >= 4 is 17.4 Å². The predicted molar refractivity (Wildman–Crippen MR) is 73.8 cm³/mol. The van der Waals surface area contributed by atoms with Crippen molar-refractivity contribution in [3.8, 4) is 22.5 Å². The lowest BCUT2D eigenvalue weighted by Crippen LogP contribution is -1.90. The van der Waals surface area contributed by atoms with E-state index in [-0.39, 0.29) is 10.8 Å². The zero-order valence-electron chi connectivity index (χ0n) is 10.5. The number of hydrogen-bond acceptors (Lipinski definition) is 4. The monoisotopic (exact) mass is 292 g/mol. The second-order valence-corrected chi connectivity index (χ2v) is 4.69. The maximum atomic E-state index is 13.2. The fourth-order valence-electron chi connectivity index (χ4n) is 2.06. The molecule has 0 saturated heterocycles. The summed E-state index contributed by atoms with van der Waals surface area (Å²) in [6.07, 6.45) is 1.54. The van der Waals surface area contributed by atoms with Gasteiger partial charge in [0.05, 0.1) is 22.4 Å². The Morgan fingerprint density at radius 3 is 2.70 bits per heavy atom. The Bertz CT molecular complexity index is 779. The molecule has 0 atom stereocenters. The quantitative estimate of drug-likeness (QED) is 0.765. The molecule has 1 aromatic carbocycles. The molecule has 0 aliphatic rings. The molecule has 0 amide bonds. The highest BCUT2D eigenvalue weighted by Crippen LogP contribution is 2.41. The van der Waals surface area contributed by atoms with Gasteiger partial charge < -0.3 is 14.7 Å². The van der Waals surface area contributed by atoms with Gasteiger partial charge in [0.15, 0.2) is 11.6 Å². The molecule has 0 unspecified atom stereocenters. The molecule has 4 nitrogen and oxygen atoms in total. The number of benzene rings is 1. The zero-order valence-corrected chi connectivity index (χ0v) is 11.2. The molecular weight excluding hydrogens is 283 g/mol. The number of rotatable bonds is 2. The van der Waals surface area contributed by atoms with Crippen LogP contribution in [0.5, 0.6) is 0 Å².